The normalized spacial score (nSPS) is 26.3. The molecule has 2 aromatic heterocycles. The predicted octanol–water partition coefficient (Wildman–Crippen LogP) is 1.37. The highest BCUT2D eigenvalue weighted by molar-refractivity contribution is 5.94. The van der Waals surface area contributed by atoms with Crippen LogP contribution in [0.25, 0.3) is 0 Å². The third kappa shape index (κ3) is 3.78. The number of nitrogens with one attached hydrogen (secondary N) is 1. The van der Waals surface area contributed by atoms with Crippen molar-refractivity contribution in [1.29, 1.82) is 0 Å². The van der Waals surface area contributed by atoms with E-state index in [2.05, 4.69) is 26.5 Å². The number of aryl methyl sites for hydroxylation is 1. The Bertz CT molecular complexity index is 762. The summed E-state index contributed by atoms with van der Waals surface area (Å²) in [5.41, 5.74) is 1.69. The van der Waals surface area contributed by atoms with Gasteiger partial charge >= 0.3 is 0 Å². The van der Waals surface area contributed by atoms with Gasteiger partial charge in [0.15, 0.2) is 0 Å². The zero-order chi connectivity index (χ0) is 18.0. The third-order valence-electron chi connectivity index (χ3n) is 5.31. The molecule has 2 aromatic rings. The van der Waals surface area contributed by atoms with Crippen molar-refractivity contribution in [3.63, 3.8) is 0 Å². The van der Waals surface area contributed by atoms with E-state index in [4.69, 9.17) is 4.74 Å². The molecule has 1 N–H and O–H groups in total. The number of carbonyl (C=O) groups is 1. The first-order valence-electron chi connectivity index (χ1n) is 9.17. The van der Waals surface area contributed by atoms with Crippen LogP contribution in [0.4, 0.5) is 0 Å². The minimum atomic E-state index is -0.145. The Morgan fingerprint density at radius 3 is 3.15 bits per heavy atom. The Labute approximate surface area is 153 Å². The van der Waals surface area contributed by atoms with Gasteiger partial charge in [0.25, 0.3) is 5.91 Å². The van der Waals surface area contributed by atoms with Crippen molar-refractivity contribution in [2.24, 2.45) is 7.05 Å². The Morgan fingerprint density at radius 1 is 1.46 bits per heavy atom. The van der Waals surface area contributed by atoms with Crippen molar-refractivity contribution in [1.82, 2.24) is 25.0 Å². The van der Waals surface area contributed by atoms with Crippen molar-refractivity contribution in [2.45, 2.75) is 37.5 Å². The van der Waals surface area contributed by atoms with E-state index >= 15 is 0 Å². The lowest BCUT2D eigenvalue weighted by Gasteiger charge is -2.38. The minimum absolute atomic E-state index is 0.0506. The molecule has 7 heteroatoms. The molecule has 26 heavy (non-hydrogen) atoms. The fourth-order valence-corrected chi connectivity index (χ4v) is 4.08. The molecule has 4 rings (SSSR count). The second-order valence-electron chi connectivity index (χ2n) is 7.42. The lowest BCUT2D eigenvalue weighted by Crippen LogP contribution is -2.49. The Hall–Kier alpha value is -2.25. The van der Waals surface area contributed by atoms with E-state index in [1.54, 1.807) is 24.5 Å². The van der Waals surface area contributed by atoms with Crippen LogP contribution in [0.3, 0.4) is 0 Å². The average molecular weight is 355 g/mol. The molecule has 4 heterocycles. The number of rotatable bonds is 4. The van der Waals surface area contributed by atoms with E-state index in [0.29, 0.717) is 12.2 Å². The molecule has 138 valence electrons. The Kier molecular flexibility index (Phi) is 4.74. The summed E-state index contributed by atoms with van der Waals surface area (Å²) in [4.78, 5) is 18.9. The number of pyridine rings is 1. The minimum Gasteiger partial charge on any atom is -0.373 e. The first-order chi connectivity index (χ1) is 12.6. The summed E-state index contributed by atoms with van der Waals surface area (Å²) in [6.07, 6.45) is 9.99. The molecule has 0 radical (unpaired) electrons. The summed E-state index contributed by atoms with van der Waals surface area (Å²) < 4.78 is 8.03. The van der Waals surface area contributed by atoms with Crippen molar-refractivity contribution in [3.8, 4) is 0 Å². The number of aromatic nitrogens is 3. The van der Waals surface area contributed by atoms with E-state index in [1.165, 1.54) is 5.56 Å². The summed E-state index contributed by atoms with van der Waals surface area (Å²) in [7, 11) is 1.94. The number of nitrogens with zero attached hydrogens (tertiary/aromatic N) is 4. The molecule has 0 saturated carbocycles. The monoisotopic (exact) mass is 355 g/mol. The van der Waals surface area contributed by atoms with Gasteiger partial charge in [0.1, 0.15) is 0 Å². The average Bonchev–Trinajstić information content (AvgIpc) is 3.22. The van der Waals surface area contributed by atoms with Gasteiger partial charge in [-0.3, -0.25) is 19.4 Å². The predicted molar refractivity (Wildman–Crippen MR) is 96.5 cm³/mol. The van der Waals surface area contributed by atoms with Gasteiger partial charge in [-0.25, -0.2) is 0 Å². The molecule has 0 aromatic carbocycles. The molecular weight excluding hydrogens is 330 g/mol. The molecule has 2 fully saturated rings. The summed E-state index contributed by atoms with van der Waals surface area (Å²) in [6.45, 7) is 3.50. The molecule has 0 unspecified atom stereocenters. The topological polar surface area (TPSA) is 72.3 Å². The summed E-state index contributed by atoms with van der Waals surface area (Å²) >= 11 is 0. The smallest absolute Gasteiger partial charge is 0.253 e. The Balaban J connectivity index is 1.35. The van der Waals surface area contributed by atoms with Crippen LogP contribution in [-0.2, 0) is 18.3 Å². The molecule has 1 amide bonds. The van der Waals surface area contributed by atoms with E-state index in [-0.39, 0.29) is 17.6 Å². The highest BCUT2D eigenvalue weighted by Crippen LogP contribution is 2.35. The van der Waals surface area contributed by atoms with Crippen LogP contribution in [0, 0.1) is 0 Å². The van der Waals surface area contributed by atoms with Crippen LogP contribution in [0.2, 0.25) is 0 Å². The van der Waals surface area contributed by atoms with Gasteiger partial charge < -0.3 is 10.1 Å². The van der Waals surface area contributed by atoms with Gasteiger partial charge in [-0.05, 0) is 31.4 Å². The Morgan fingerprint density at radius 2 is 2.38 bits per heavy atom. The largest absolute Gasteiger partial charge is 0.373 e. The van der Waals surface area contributed by atoms with Gasteiger partial charge in [0, 0.05) is 63.5 Å². The second-order valence-corrected chi connectivity index (χ2v) is 7.42. The zero-order valence-electron chi connectivity index (χ0n) is 15.1. The van der Waals surface area contributed by atoms with Crippen LogP contribution < -0.4 is 5.32 Å². The first kappa shape index (κ1) is 17.2. The molecule has 2 atom stereocenters. The maximum atomic E-state index is 12.4. The maximum Gasteiger partial charge on any atom is 0.253 e. The fourth-order valence-electron chi connectivity index (χ4n) is 4.08. The highest BCUT2D eigenvalue weighted by Gasteiger charge is 2.43. The second kappa shape index (κ2) is 7.17. The summed E-state index contributed by atoms with van der Waals surface area (Å²) in [6, 6.07) is 3.73. The lowest BCUT2D eigenvalue weighted by atomic mass is 9.89. The van der Waals surface area contributed by atoms with Crippen molar-refractivity contribution < 1.29 is 9.53 Å². The third-order valence-corrected chi connectivity index (χ3v) is 5.31. The van der Waals surface area contributed by atoms with Gasteiger partial charge in [-0.1, -0.05) is 0 Å². The molecule has 7 nitrogen and oxygen atoms in total. The van der Waals surface area contributed by atoms with Crippen molar-refractivity contribution in [2.75, 3.05) is 19.7 Å². The number of hydrogen-bond acceptors (Lipinski definition) is 5. The van der Waals surface area contributed by atoms with Crippen LogP contribution in [0.15, 0.2) is 36.9 Å². The van der Waals surface area contributed by atoms with E-state index in [9.17, 15) is 4.79 Å². The van der Waals surface area contributed by atoms with Crippen LogP contribution in [-0.4, -0.2) is 56.9 Å². The fraction of sp³-hybridized carbons (Fsp3) is 0.526. The number of amides is 1. The van der Waals surface area contributed by atoms with Gasteiger partial charge in [0.05, 0.1) is 17.4 Å². The number of likely N-dealkylation sites (tertiary alicyclic amines) is 1. The van der Waals surface area contributed by atoms with Gasteiger partial charge in [-0.15, -0.1) is 0 Å². The quantitative estimate of drug-likeness (QED) is 0.897. The number of carbonyl (C=O) groups excluding carboxylic acids is 1. The van der Waals surface area contributed by atoms with Crippen molar-refractivity contribution in [3.05, 3.63) is 48.0 Å². The van der Waals surface area contributed by atoms with Gasteiger partial charge in [0.2, 0.25) is 0 Å². The van der Waals surface area contributed by atoms with Crippen LogP contribution in [0.1, 0.15) is 35.2 Å². The zero-order valence-corrected chi connectivity index (χ0v) is 15.1. The first-order valence-corrected chi connectivity index (χ1v) is 9.17. The SMILES string of the molecule is Cn1cc(CN2CC[C@@]3(C[C@@H](NC(=O)c4cccnc4)CCO3)C2)cn1. The molecule has 1 spiro atoms. The molecule has 2 aliphatic heterocycles. The van der Waals surface area contributed by atoms with E-state index in [1.807, 2.05) is 17.9 Å². The molecule has 0 aliphatic carbocycles. The molecule has 0 bridgehead atoms. The number of hydrogen-bond donors (Lipinski definition) is 1. The lowest BCUT2D eigenvalue weighted by molar-refractivity contribution is -0.0793. The van der Waals surface area contributed by atoms with E-state index in [0.717, 1.165) is 38.9 Å². The van der Waals surface area contributed by atoms with Gasteiger partial charge in [-0.2, -0.15) is 5.10 Å². The van der Waals surface area contributed by atoms with Crippen LogP contribution >= 0.6 is 0 Å². The molecule has 2 aliphatic rings. The van der Waals surface area contributed by atoms with Crippen molar-refractivity contribution >= 4 is 5.91 Å². The highest BCUT2D eigenvalue weighted by atomic mass is 16.5. The molecular formula is C19H25N5O2. The van der Waals surface area contributed by atoms with E-state index < -0.39 is 0 Å². The van der Waals surface area contributed by atoms with Crippen LogP contribution in [0.5, 0.6) is 0 Å². The maximum absolute atomic E-state index is 12.4. The summed E-state index contributed by atoms with van der Waals surface area (Å²) in [5.74, 6) is -0.0506. The molecule has 2 saturated heterocycles. The standard InChI is InChI=1S/C19H25N5O2/c1-23-12-15(10-21-23)13-24-7-5-19(14-24)9-17(4-8-26-19)22-18(25)16-3-2-6-20-11-16/h2-3,6,10-12,17H,4-5,7-9,13-14H2,1H3,(H,22,25)/t17-,19+/m0/s1. The number of ether oxygens (including phenoxy) is 1. The summed E-state index contributed by atoms with van der Waals surface area (Å²) in [5, 5.41) is 7.41.